The molecule has 2 aromatic rings. The van der Waals surface area contributed by atoms with Crippen LogP contribution in [0.25, 0.3) is 11.3 Å². The van der Waals surface area contributed by atoms with E-state index in [1.54, 1.807) is 6.92 Å². The van der Waals surface area contributed by atoms with E-state index in [4.69, 9.17) is 5.11 Å². The minimum absolute atomic E-state index is 0.0643. The summed E-state index contributed by atoms with van der Waals surface area (Å²) in [6, 6.07) is 11.3. The van der Waals surface area contributed by atoms with Crippen LogP contribution in [-0.2, 0) is 9.59 Å². The van der Waals surface area contributed by atoms with Crippen molar-refractivity contribution in [2.24, 2.45) is 5.92 Å². The van der Waals surface area contributed by atoms with Crippen LogP contribution in [0.2, 0.25) is 0 Å². The van der Waals surface area contributed by atoms with Crippen molar-refractivity contribution in [2.45, 2.75) is 19.8 Å². The van der Waals surface area contributed by atoms with Gasteiger partial charge in [-0.25, -0.2) is 4.98 Å². The zero-order chi connectivity index (χ0) is 16.8. The SMILES string of the molecule is C[C@@H](CCC(=O)O)C(=O)Nc1nc(-c2ccccc2)c(C#N)s1. The Morgan fingerprint density at radius 1 is 1.39 bits per heavy atom. The van der Waals surface area contributed by atoms with E-state index in [0.717, 1.165) is 16.9 Å². The number of hydrogen-bond acceptors (Lipinski definition) is 5. The lowest BCUT2D eigenvalue weighted by atomic mass is 10.1. The molecule has 6 nitrogen and oxygen atoms in total. The molecule has 1 amide bonds. The van der Waals surface area contributed by atoms with Crippen molar-refractivity contribution in [3.63, 3.8) is 0 Å². The molecule has 0 bridgehead atoms. The molecule has 0 aliphatic carbocycles. The standard InChI is InChI=1S/C16H15N3O3S/c1-10(7-8-13(20)21)15(22)19-16-18-14(12(9-17)23-16)11-5-3-2-4-6-11/h2-6,10H,7-8H2,1H3,(H,20,21)(H,18,19,22)/t10-/m0/s1. The number of nitrogens with zero attached hydrogens (tertiary/aromatic N) is 2. The molecule has 0 saturated heterocycles. The molecule has 7 heteroatoms. The molecule has 1 heterocycles. The lowest BCUT2D eigenvalue weighted by Gasteiger charge is -2.08. The molecule has 1 atom stereocenters. The minimum atomic E-state index is -0.933. The summed E-state index contributed by atoms with van der Waals surface area (Å²) in [5.74, 6) is -1.68. The Kier molecular flexibility index (Phi) is 5.44. The topological polar surface area (TPSA) is 103 Å². The van der Waals surface area contributed by atoms with Gasteiger partial charge < -0.3 is 10.4 Å². The number of nitriles is 1. The number of thiazole rings is 1. The molecule has 2 N–H and O–H groups in total. The van der Waals surface area contributed by atoms with E-state index in [1.807, 2.05) is 30.3 Å². The highest BCUT2D eigenvalue weighted by Gasteiger charge is 2.18. The van der Waals surface area contributed by atoms with Crippen LogP contribution < -0.4 is 5.32 Å². The highest BCUT2D eigenvalue weighted by molar-refractivity contribution is 7.16. The number of aromatic nitrogens is 1. The number of amides is 1. The van der Waals surface area contributed by atoms with E-state index in [9.17, 15) is 14.9 Å². The zero-order valence-corrected chi connectivity index (χ0v) is 13.3. The van der Waals surface area contributed by atoms with Gasteiger partial charge in [-0.05, 0) is 6.42 Å². The third-order valence-electron chi connectivity index (χ3n) is 3.24. The van der Waals surface area contributed by atoms with Gasteiger partial charge in [0.1, 0.15) is 16.6 Å². The molecular formula is C16H15N3O3S. The number of carboxylic acid groups (broad SMARTS) is 1. The Labute approximate surface area is 137 Å². The fraction of sp³-hybridized carbons (Fsp3) is 0.250. The summed E-state index contributed by atoms with van der Waals surface area (Å²) in [5, 5.41) is 20.9. The first-order valence-electron chi connectivity index (χ1n) is 7.00. The lowest BCUT2D eigenvalue weighted by Crippen LogP contribution is -2.21. The maximum Gasteiger partial charge on any atom is 0.303 e. The van der Waals surface area contributed by atoms with Crippen LogP contribution in [-0.4, -0.2) is 22.0 Å². The molecule has 0 fully saturated rings. The summed E-state index contributed by atoms with van der Waals surface area (Å²) in [6.07, 6.45) is 0.189. The number of carbonyl (C=O) groups excluding carboxylic acids is 1. The molecule has 2 rings (SSSR count). The molecule has 0 aliphatic rings. The van der Waals surface area contributed by atoms with Crippen molar-refractivity contribution in [1.82, 2.24) is 4.98 Å². The van der Waals surface area contributed by atoms with Gasteiger partial charge in [-0.15, -0.1) is 0 Å². The smallest absolute Gasteiger partial charge is 0.303 e. The van der Waals surface area contributed by atoms with Gasteiger partial charge >= 0.3 is 5.97 Å². The van der Waals surface area contributed by atoms with Crippen molar-refractivity contribution in [2.75, 3.05) is 5.32 Å². The number of aliphatic carboxylic acids is 1. The van der Waals surface area contributed by atoms with Crippen LogP contribution in [0.1, 0.15) is 24.6 Å². The predicted octanol–water partition coefficient (Wildman–Crippen LogP) is 3.12. The normalized spacial score (nSPS) is 11.5. The second-order valence-corrected chi connectivity index (χ2v) is 6.00. The lowest BCUT2D eigenvalue weighted by molar-refractivity contribution is -0.137. The van der Waals surface area contributed by atoms with Crippen LogP contribution in [0.3, 0.4) is 0 Å². The molecule has 0 unspecified atom stereocenters. The Hall–Kier alpha value is -2.72. The van der Waals surface area contributed by atoms with E-state index < -0.39 is 11.9 Å². The summed E-state index contributed by atoms with van der Waals surface area (Å²) < 4.78 is 0. The second kappa shape index (κ2) is 7.51. The summed E-state index contributed by atoms with van der Waals surface area (Å²) in [4.78, 5) is 27.3. The second-order valence-electron chi connectivity index (χ2n) is 5.00. The molecule has 23 heavy (non-hydrogen) atoms. The van der Waals surface area contributed by atoms with E-state index >= 15 is 0 Å². The molecule has 0 aliphatic heterocycles. The van der Waals surface area contributed by atoms with E-state index in [0.29, 0.717) is 15.7 Å². The van der Waals surface area contributed by atoms with Crippen LogP contribution in [0, 0.1) is 17.2 Å². The molecular weight excluding hydrogens is 314 g/mol. The van der Waals surface area contributed by atoms with Crippen molar-refractivity contribution in [3.05, 3.63) is 35.2 Å². The van der Waals surface area contributed by atoms with Crippen molar-refractivity contribution in [3.8, 4) is 17.3 Å². The maximum atomic E-state index is 12.1. The minimum Gasteiger partial charge on any atom is -0.481 e. The number of nitrogens with one attached hydrogen (secondary N) is 1. The molecule has 1 aromatic carbocycles. The highest BCUT2D eigenvalue weighted by atomic mass is 32.1. The molecule has 0 spiro atoms. The molecule has 0 saturated carbocycles. The summed E-state index contributed by atoms with van der Waals surface area (Å²) in [5.41, 5.74) is 1.34. The van der Waals surface area contributed by atoms with E-state index in [1.165, 1.54) is 0 Å². The molecule has 1 aromatic heterocycles. The fourth-order valence-corrected chi connectivity index (χ4v) is 2.73. The third-order valence-corrected chi connectivity index (χ3v) is 4.12. The van der Waals surface area contributed by atoms with Gasteiger partial charge in [0.05, 0.1) is 0 Å². The first kappa shape index (κ1) is 16.6. The average molecular weight is 329 g/mol. The van der Waals surface area contributed by atoms with Gasteiger partial charge in [0, 0.05) is 17.9 Å². The molecule has 118 valence electrons. The van der Waals surface area contributed by atoms with Crippen LogP contribution in [0.5, 0.6) is 0 Å². The monoisotopic (exact) mass is 329 g/mol. The summed E-state index contributed by atoms with van der Waals surface area (Å²) >= 11 is 1.10. The van der Waals surface area contributed by atoms with E-state index in [2.05, 4.69) is 16.4 Å². The highest BCUT2D eigenvalue weighted by Crippen LogP contribution is 2.30. The van der Waals surface area contributed by atoms with Gasteiger partial charge in [0.15, 0.2) is 5.13 Å². The number of anilines is 1. The van der Waals surface area contributed by atoms with Crippen LogP contribution in [0.15, 0.2) is 30.3 Å². The van der Waals surface area contributed by atoms with Gasteiger partial charge in [-0.3, -0.25) is 9.59 Å². The Morgan fingerprint density at radius 3 is 2.70 bits per heavy atom. The number of hydrogen-bond donors (Lipinski definition) is 2. The molecule has 0 radical (unpaired) electrons. The summed E-state index contributed by atoms with van der Waals surface area (Å²) in [6.45, 7) is 1.66. The Morgan fingerprint density at radius 2 is 2.09 bits per heavy atom. The fourth-order valence-electron chi connectivity index (χ4n) is 1.94. The van der Waals surface area contributed by atoms with E-state index in [-0.39, 0.29) is 18.7 Å². The first-order chi connectivity index (χ1) is 11.0. The van der Waals surface area contributed by atoms with Crippen LogP contribution in [0.4, 0.5) is 5.13 Å². The largest absolute Gasteiger partial charge is 0.481 e. The average Bonchev–Trinajstić information content (AvgIpc) is 2.96. The maximum absolute atomic E-state index is 12.1. The Balaban J connectivity index is 2.13. The number of rotatable bonds is 6. The van der Waals surface area contributed by atoms with Gasteiger partial charge in [0.2, 0.25) is 5.91 Å². The quantitative estimate of drug-likeness (QED) is 0.847. The number of carboxylic acids is 1. The zero-order valence-electron chi connectivity index (χ0n) is 12.4. The summed E-state index contributed by atoms with van der Waals surface area (Å²) in [7, 11) is 0. The van der Waals surface area contributed by atoms with Gasteiger partial charge in [0.25, 0.3) is 0 Å². The van der Waals surface area contributed by atoms with Crippen molar-refractivity contribution in [1.29, 1.82) is 5.26 Å². The Bertz CT molecular complexity index is 750. The predicted molar refractivity (Wildman–Crippen MR) is 86.9 cm³/mol. The third kappa shape index (κ3) is 4.37. The van der Waals surface area contributed by atoms with Crippen molar-refractivity contribution >= 4 is 28.3 Å². The number of benzene rings is 1. The van der Waals surface area contributed by atoms with Crippen molar-refractivity contribution < 1.29 is 14.7 Å². The number of carbonyl (C=O) groups is 2. The van der Waals surface area contributed by atoms with Crippen LogP contribution >= 0.6 is 11.3 Å². The van der Waals surface area contributed by atoms with Gasteiger partial charge in [-0.2, -0.15) is 5.26 Å². The first-order valence-corrected chi connectivity index (χ1v) is 7.82. The van der Waals surface area contributed by atoms with Gasteiger partial charge in [-0.1, -0.05) is 48.6 Å².